The molecule has 7 nitrogen and oxygen atoms in total. The summed E-state index contributed by atoms with van der Waals surface area (Å²) in [7, 11) is 0. The lowest BCUT2D eigenvalue weighted by Crippen LogP contribution is -2.25. The summed E-state index contributed by atoms with van der Waals surface area (Å²) in [4.78, 5) is 33.9. The van der Waals surface area contributed by atoms with Crippen molar-refractivity contribution in [3.8, 4) is 0 Å². The Labute approximate surface area is 97.1 Å². The molecule has 90 valence electrons. The highest BCUT2D eigenvalue weighted by Crippen LogP contribution is 2.19. The molecule has 0 spiro atoms. The molecular weight excluding hydrogens is 242 g/mol. The Balaban J connectivity index is 2.79. The molecule has 0 fully saturated rings. The van der Waals surface area contributed by atoms with E-state index in [1.165, 1.54) is 12.1 Å². The van der Waals surface area contributed by atoms with Gasteiger partial charge in [0.15, 0.2) is 0 Å². The number of pyridine rings is 1. The summed E-state index contributed by atoms with van der Waals surface area (Å²) in [5, 5.41) is 10.0. The normalized spacial score (nSPS) is 11.1. The molecule has 0 saturated heterocycles. The molecule has 3 aromatic rings. The highest BCUT2D eigenvalue weighted by atomic mass is 16.5. The third-order valence-corrected chi connectivity index (χ3v) is 2.53. The van der Waals surface area contributed by atoms with Crippen molar-refractivity contribution in [1.29, 1.82) is 0 Å². The lowest BCUT2D eigenvalue weighted by Gasteiger charge is -2.03. The average molecular weight is 247 g/mol. The van der Waals surface area contributed by atoms with Gasteiger partial charge < -0.3 is 14.0 Å². The first kappa shape index (κ1) is 10.3. The van der Waals surface area contributed by atoms with E-state index >= 15 is 0 Å². The fourth-order valence-electron chi connectivity index (χ4n) is 1.74. The van der Waals surface area contributed by atoms with Crippen LogP contribution < -0.4 is 16.8 Å². The van der Waals surface area contributed by atoms with Crippen LogP contribution in [0.3, 0.4) is 0 Å². The molecule has 7 heteroatoms. The third-order valence-electron chi connectivity index (χ3n) is 2.53. The summed E-state index contributed by atoms with van der Waals surface area (Å²) in [6, 6.07) is 6.18. The Morgan fingerprint density at radius 1 is 0.944 bits per heavy atom. The number of nitrogens with zero attached hydrogens (tertiary/aromatic N) is 1. The van der Waals surface area contributed by atoms with Gasteiger partial charge in [0.2, 0.25) is 5.58 Å². The largest absolute Gasteiger partial charge is 0.424 e. The quantitative estimate of drug-likeness (QED) is 0.348. The summed E-state index contributed by atoms with van der Waals surface area (Å²) < 4.78 is 9.46. The summed E-state index contributed by atoms with van der Waals surface area (Å²) in [6.07, 6.45) is 0. The minimum Gasteiger partial charge on any atom is -0.422 e. The van der Waals surface area contributed by atoms with Gasteiger partial charge in [0.25, 0.3) is 11.3 Å². The van der Waals surface area contributed by atoms with Crippen molar-refractivity contribution in [2.75, 3.05) is 0 Å². The number of hydrogen-bond acceptors (Lipinski definition) is 6. The van der Waals surface area contributed by atoms with E-state index in [-0.39, 0.29) is 21.1 Å². The monoisotopic (exact) mass is 247 g/mol. The Morgan fingerprint density at radius 3 is 2.28 bits per heavy atom. The van der Waals surface area contributed by atoms with Gasteiger partial charge in [-0.3, -0.25) is 4.79 Å². The van der Waals surface area contributed by atoms with E-state index in [9.17, 15) is 19.6 Å². The van der Waals surface area contributed by atoms with Crippen LogP contribution >= 0.6 is 0 Å². The van der Waals surface area contributed by atoms with Crippen LogP contribution in [-0.4, -0.2) is 9.94 Å². The van der Waals surface area contributed by atoms with E-state index in [1.807, 2.05) is 0 Å². The van der Waals surface area contributed by atoms with Crippen LogP contribution in [0.4, 0.5) is 0 Å². The number of benzene rings is 1. The van der Waals surface area contributed by atoms with Crippen LogP contribution in [0.1, 0.15) is 0 Å². The fourth-order valence-corrected chi connectivity index (χ4v) is 1.74. The standard InChI is InChI=1S/C11H5NO6/c13-8-6-4-2-1-3-5(6)7-9(12(8)16)18-11(15)10(14)17-7/h1-4,16H. The smallest absolute Gasteiger partial charge is 0.422 e. The molecule has 0 aliphatic heterocycles. The van der Waals surface area contributed by atoms with Crippen molar-refractivity contribution in [2.24, 2.45) is 0 Å². The molecule has 0 radical (unpaired) electrons. The van der Waals surface area contributed by atoms with Gasteiger partial charge in [-0.15, -0.1) is 4.73 Å². The van der Waals surface area contributed by atoms with Gasteiger partial charge >= 0.3 is 11.3 Å². The topological polar surface area (TPSA) is 103 Å². The van der Waals surface area contributed by atoms with Gasteiger partial charge in [0.1, 0.15) is 0 Å². The molecule has 0 atom stereocenters. The first-order chi connectivity index (χ1) is 8.59. The Bertz CT molecular complexity index is 946. The predicted molar refractivity (Wildman–Crippen MR) is 60.0 cm³/mol. The number of aromatic nitrogens is 1. The molecule has 2 aromatic heterocycles. The Hall–Kier alpha value is -2.83. The lowest BCUT2D eigenvalue weighted by atomic mass is 10.2. The van der Waals surface area contributed by atoms with Gasteiger partial charge in [0.05, 0.1) is 5.39 Å². The molecule has 0 bridgehead atoms. The van der Waals surface area contributed by atoms with E-state index in [0.717, 1.165) is 0 Å². The minimum absolute atomic E-state index is 0.141. The molecule has 18 heavy (non-hydrogen) atoms. The van der Waals surface area contributed by atoms with Gasteiger partial charge in [-0.05, 0) is 6.07 Å². The maximum Gasteiger partial charge on any atom is 0.424 e. The minimum atomic E-state index is -1.29. The maximum absolute atomic E-state index is 11.8. The fraction of sp³-hybridized carbons (Fsp3) is 0. The molecule has 0 amide bonds. The second-order valence-electron chi connectivity index (χ2n) is 3.58. The SMILES string of the molecule is O=c1oc2c3ccccc3c(=O)n(O)c2oc1=O. The number of rotatable bonds is 0. The average Bonchev–Trinajstić information content (AvgIpc) is 2.38. The number of fused-ring (bicyclic) bond motifs is 3. The molecular formula is C11H5NO6. The summed E-state index contributed by atoms with van der Waals surface area (Å²) in [6.45, 7) is 0. The van der Waals surface area contributed by atoms with Gasteiger partial charge in [-0.25, -0.2) is 9.59 Å². The molecule has 1 aromatic carbocycles. The van der Waals surface area contributed by atoms with Gasteiger partial charge in [-0.1, -0.05) is 18.2 Å². The van der Waals surface area contributed by atoms with Crippen molar-refractivity contribution < 1.29 is 14.0 Å². The zero-order chi connectivity index (χ0) is 12.9. The molecule has 0 aliphatic carbocycles. The first-order valence-electron chi connectivity index (χ1n) is 4.90. The van der Waals surface area contributed by atoms with E-state index < -0.39 is 22.5 Å². The van der Waals surface area contributed by atoms with Crippen LogP contribution in [0.25, 0.3) is 22.1 Å². The maximum atomic E-state index is 11.8. The zero-order valence-corrected chi connectivity index (χ0v) is 8.75. The highest BCUT2D eigenvalue weighted by Gasteiger charge is 2.15. The molecule has 1 N–H and O–H groups in total. The van der Waals surface area contributed by atoms with Crippen molar-refractivity contribution in [3.05, 3.63) is 55.5 Å². The van der Waals surface area contributed by atoms with Crippen LogP contribution in [0.2, 0.25) is 0 Å². The summed E-state index contributed by atoms with van der Waals surface area (Å²) in [5.74, 6) is 0. The summed E-state index contributed by atoms with van der Waals surface area (Å²) in [5.41, 5.74) is -3.91. The van der Waals surface area contributed by atoms with Crippen molar-refractivity contribution in [3.63, 3.8) is 0 Å². The van der Waals surface area contributed by atoms with Crippen LogP contribution in [0, 0.1) is 0 Å². The van der Waals surface area contributed by atoms with Crippen LogP contribution in [-0.2, 0) is 0 Å². The third kappa shape index (κ3) is 1.21. The molecule has 0 saturated carbocycles. The highest BCUT2D eigenvalue weighted by molar-refractivity contribution is 5.99. The van der Waals surface area contributed by atoms with E-state index in [4.69, 9.17) is 4.42 Å². The van der Waals surface area contributed by atoms with Crippen LogP contribution in [0.5, 0.6) is 0 Å². The van der Waals surface area contributed by atoms with Gasteiger partial charge in [0, 0.05) is 5.39 Å². The second kappa shape index (κ2) is 3.33. The number of hydrogen-bond donors (Lipinski definition) is 1. The zero-order valence-electron chi connectivity index (χ0n) is 8.75. The second-order valence-corrected chi connectivity index (χ2v) is 3.58. The first-order valence-corrected chi connectivity index (χ1v) is 4.90. The van der Waals surface area contributed by atoms with Crippen molar-refractivity contribution in [1.82, 2.24) is 4.73 Å². The van der Waals surface area contributed by atoms with Crippen molar-refractivity contribution >= 4 is 22.1 Å². The molecule has 2 heterocycles. The van der Waals surface area contributed by atoms with Crippen LogP contribution in [0.15, 0.2) is 47.5 Å². The Morgan fingerprint density at radius 2 is 1.56 bits per heavy atom. The van der Waals surface area contributed by atoms with E-state index in [2.05, 4.69) is 4.42 Å². The predicted octanol–water partition coefficient (Wildman–Crippen LogP) is 0.298. The van der Waals surface area contributed by atoms with Gasteiger partial charge in [-0.2, -0.15) is 0 Å². The lowest BCUT2D eigenvalue weighted by molar-refractivity contribution is 0.173. The Kier molecular flexibility index (Phi) is 1.91. The molecule has 0 unspecified atom stereocenters. The van der Waals surface area contributed by atoms with E-state index in [0.29, 0.717) is 0 Å². The van der Waals surface area contributed by atoms with Crippen molar-refractivity contribution in [2.45, 2.75) is 0 Å². The van der Waals surface area contributed by atoms with E-state index in [1.54, 1.807) is 12.1 Å². The molecule has 0 aliphatic rings. The molecule has 3 rings (SSSR count). The summed E-state index contributed by atoms with van der Waals surface area (Å²) >= 11 is 0.